The molecule has 1 unspecified atom stereocenters. The molecule has 3 rings (SSSR count). The van der Waals surface area contributed by atoms with Crippen molar-refractivity contribution in [1.29, 1.82) is 0 Å². The minimum absolute atomic E-state index is 0.0782. The first-order valence-corrected chi connectivity index (χ1v) is 6.99. The number of carbonyl (C=O) groups is 1. The average molecular weight is 279 g/mol. The van der Waals surface area contributed by atoms with E-state index in [4.69, 9.17) is 0 Å². The summed E-state index contributed by atoms with van der Waals surface area (Å²) in [6.45, 7) is 3.94. The predicted molar refractivity (Wildman–Crippen MR) is 82.7 cm³/mol. The summed E-state index contributed by atoms with van der Waals surface area (Å²) in [4.78, 5) is 14.2. The molecule has 3 heteroatoms. The van der Waals surface area contributed by atoms with Crippen molar-refractivity contribution < 1.29 is 9.90 Å². The maximum Gasteiger partial charge on any atom is 0.259 e. The lowest BCUT2D eigenvalue weighted by Crippen LogP contribution is -2.39. The van der Waals surface area contributed by atoms with Gasteiger partial charge in [-0.2, -0.15) is 0 Å². The van der Waals surface area contributed by atoms with Crippen LogP contribution in [0.2, 0.25) is 0 Å². The molecule has 3 nitrogen and oxygen atoms in total. The maximum absolute atomic E-state index is 12.6. The number of benzene rings is 2. The largest absolute Gasteiger partial charge is 0.394 e. The van der Waals surface area contributed by atoms with Crippen LogP contribution in [0.25, 0.3) is 5.70 Å². The Hall–Kier alpha value is -2.39. The molecule has 0 aliphatic carbocycles. The zero-order chi connectivity index (χ0) is 14.8. The predicted octanol–water partition coefficient (Wildman–Crippen LogP) is 2.72. The Morgan fingerprint density at radius 1 is 1.00 bits per heavy atom. The van der Waals surface area contributed by atoms with E-state index in [1.165, 1.54) is 0 Å². The number of aliphatic hydroxyl groups excluding tert-OH is 1. The molecule has 2 aromatic rings. The van der Waals surface area contributed by atoms with E-state index in [2.05, 4.69) is 6.58 Å². The van der Waals surface area contributed by atoms with E-state index in [0.29, 0.717) is 17.7 Å². The van der Waals surface area contributed by atoms with Gasteiger partial charge in [-0.3, -0.25) is 4.79 Å². The summed E-state index contributed by atoms with van der Waals surface area (Å²) >= 11 is 0. The van der Waals surface area contributed by atoms with Gasteiger partial charge in [-0.1, -0.05) is 55.1 Å². The summed E-state index contributed by atoms with van der Waals surface area (Å²) in [5.74, 6) is -0.0782. The number of nitrogens with zero attached hydrogens (tertiary/aromatic N) is 1. The molecule has 1 aliphatic rings. The lowest BCUT2D eigenvalue weighted by atomic mass is 10.0. The molecule has 0 spiro atoms. The molecule has 0 fully saturated rings. The highest BCUT2D eigenvalue weighted by Gasteiger charge is 2.35. The van der Waals surface area contributed by atoms with Gasteiger partial charge in [-0.05, 0) is 18.1 Å². The second-order valence-corrected chi connectivity index (χ2v) is 5.19. The summed E-state index contributed by atoms with van der Waals surface area (Å²) in [5.41, 5.74) is 3.28. The fourth-order valence-electron chi connectivity index (χ4n) is 2.81. The number of hydrogen-bond acceptors (Lipinski definition) is 2. The fourth-order valence-corrected chi connectivity index (χ4v) is 2.81. The molecule has 0 aromatic heterocycles. The van der Waals surface area contributed by atoms with Crippen molar-refractivity contribution in [3.63, 3.8) is 0 Å². The molecule has 21 heavy (non-hydrogen) atoms. The zero-order valence-corrected chi connectivity index (χ0v) is 11.7. The van der Waals surface area contributed by atoms with Crippen molar-refractivity contribution in [2.45, 2.75) is 12.5 Å². The van der Waals surface area contributed by atoms with Gasteiger partial charge < -0.3 is 10.0 Å². The van der Waals surface area contributed by atoms with Crippen LogP contribution < -0.4 is 0 Å². The number of aliphatic hydroxyl groups is 1. The monoisotopic (exact) mass is 279 g/mol. The van der Waals surface area contributed by atoms with Crippen LogP contribution in [0.15, 0.2) is 61.2 Å². The second kappa shape index (κ2) is 5.54. The van der Waals surface area contributed by atoms with Crippen LogP contribution in [-0.2, 0) is 6.42 Å². The van der Waals surface area contributed by atoms with Gasteiger partial charge in [0.25, 0.3) is 5.91 Å². The standard InChI is InChI=1S/C18H17NO2/c1-13-16-9-5-6-10-17(16)18(21)19(13)15(12-20)11-14-7-3-2-4-8-14/h2-10,15,20H,1,11-12H2. The molecule has 1 aliphatic heterocycles. The van der Waals surface area contributed by atoms with E-state index in [9.17, 15) is 9.90 Å². The van der Waals surface area contributed by atoms with Gasteiger partial charge in [0.2, 0.25) is 0 Å². The molecule has 2 aromatic carbocycles. The summed E-state index contributed by atoms with van der Waals surface area (Å²) in [7, 11) is 0. The molecular weight excluding hydrogens is 262 g/mol. The lowest BCUT2D eigenvalue weighted by Gasteiger charge is -2.27. The Bertz CT molecular complexity index is 644. The van der Waals surface area contributed by atoms with Gasteiger partial charge >= 0.3 is 0 Å². The smallest absolute Gasteiger partial charge is 0.259 e. The minimum atomic E-state index is -0.292. The summed E-state index contributed by atoms with van der Waals surface area (Å²) in [6.07, 6.45) is 0.607. The third-order valence-electron chi connectivity index (χ3n) is 3.87. The van der Waals surface area contributed by atoms with Crippen LogP contribution in [-0.4, -0.2) is 28.6 Å². The minimum Gasteiger partial charge on any atom is -0.394 e. The first-order valence-electron chi connectivity index (χ1n) is 6.99. The average Bonchev–Trinajstić information content (AvgIpc) is 2.78. The van der Waals surface area contributed by atoms with Crippen molar-refractivity contribution in [2.24, 2.45) is 0 Å². The van der Waals surface area contributed by atoms with Gasteiger partial charge in [-0.15, -0.1) is 0 Å². The highest BCUT2D eigenvalue weighted by molar-refractivity contribution is 6.09. The lowest BCUT2D eigenvalue weighted by molar-refractivity contribution is 0.0749. The summed E-state index contributed by atoms with van der Waals surface area (Å²) in [5, 5.41) is 9.73. The Morgan fingerprint density at radius 2 is 1.62 bits per heavy atom. The highest BCUT2D eigenvalue weighted by atomic mass is 16.3. The third-order valence-corrected chi connectivity index (χ3v) is 3.87. The Labute approximate surface area is 124 Å². The van der Waals surface area contributed by atoms with Gasteiger partial charge in [0.05, 0.1) is 12.6 Å². The number of rotatable bonds is 4. The zero-order valence-electron chi connectivity index (χ0n) is 11.7. The fraction of sp³-hybridized carbons (Fsp3) is 0.167. The second-order valence-electron chi connectivity index (χ2n) is 5.19. The van der Waals surface area contributed by atoms with Crippen LogP contribution in [0.1, 0.15) is 21.5 Å². The molecule has 1 heterocycles. The quantitative estimate of drug-likeness (QED) is 0.935. The molecule has 1 N–H and O–H groups in total. The molecule has 0 saturated carbocycles. The van der Waals surface area contributed by atoms with E-state index in [0.717, 1.165) is 11.1 Å². The van der Waals surface area contributed by atoms with E-state index < -0.39 is 0 Å². The number of hydrogen-bond donors (Lipinski definition) is 1. The van der Waals surface area contributed by atoms with Crippen LogP contribution in [0.5, 0.6) is 0 Å². The molecule has 106 valence electrons. The number of fused-ring (bicyclic) bond motifs is 1. The summed E-state index contributed by atoms with van der Waals surface area (Å²) < 4.78 is 0. The summed E-state index contributed by atoms with van der Waals surface area (Å²) in [6, 6.07) is 17.0. The van der Waals surface area contributed by atoms with Gasteiger partial charge in [0.15, 0.2) is 0 Å². The van der Waals surface area contributed by atoms with Crippen LogP contribution in [0.4, 0.5) is 0 Å². The van der Waals surface area contributed by atoms with Gasteiger partial charge in [-0.25, -0.2) is 0 Å². The Kier molecular flexibility index (Phi) is 3.59. The van der Waals surface area contributed by atoms with Gasteiger partial charge in [0, 0.05) is 16.8 Å². The van der Waals surface area contributed by atoms with Gasteiger partial charge in [0.1, 0.15) is 0 Å². The van der Waals surface area contributed by atoms with Crippen LogP contribution in [0, 0.1) is 0 Å². The molecule has 0 saturated heterocycles. The van der Waals surface area contributed by atoms with Crippen molar-refractivity contribution in [3.05, 3.63) is 77.9 Å². The van der Waals surface area contributed by atoms with E-state index in [1.807, 2.05) is 48.5 Å². The first-order chi connectivity index (χ1) is 10.2. The van der Waals surface area contributed by atoms with E-state index in [1.54, 1.807) is 11.0 Å². The Morgan fingerprint density at radius 3 is 2.24 bits per heavy atom. The normalized spacial score (nSPS) is 15.2. The highest BCUT2D eigenvalue weighted by Crippen LogP contribution is 2.33. The molecular formula is C18H17NO2. The van der Waals surface area contributed by atoms with Crippen molar-refractivity contribution >= 4 is 11.6 Å². The van der Waals surface area contributed by atoms with Crippen molar-refractivity contribution in [2.75, 3.05) is 6.61 Å². The molecule has 0 radical (unpaired) electrons. The van der Waals surface area contributed by atoms with E-state index >= 15 is 0 Å². The van der Waals surface area contributed by atoms with Crippen molar-refractivity contribution in [1.82, 2.24) is 4.90 Å². The molecule has 1 amide bonds. The first kappa shape index (κ1) is 13.6. The van der Waals surface area contributed by atoms with E-state index in [-0.39, 0.29) is 18.6 Å². The number of amides is 1. The number of carbonyl (C=O) groups excluding carboxylic acids is 1. The SMILES string of the molecule is C=C1c2ccccc2C(=O)N1C(CO)Cc1ccccc1. The third kappa shape index (κ3) is 2.36. The van der Waals surface area contributed by atoms with Crippen LogP contribution >= 0.6 is 0 Å². The topological polar surface area (TPSA) is 40.5 Å². The molecule has 1 atom stereocenters. The van der Waals surface area contributed by atoms with Crippen molar-refractivity contribution in [3.8, 4) is 0 Å². The molecule has 0 bridgehead atoms. The Balaban J connectivity index is 1.89. The maximum atomic E-state index is 12.6. The van der Waals surface area contributed by atoms with Crippen LogP contribution in [0.3, 0.4) is 0 Å².